The Morgan fingerprint density at radius 2 is 2.03 bits per heavy atom. The second-order valence-corrected chi connectivity index (χ2v) is 11.8. The summed E-state index contributed by atoms with van der Waals surface area (Å²) >= 11 is 0. The minimum atomic E-state index is -3.33. The molecule has 1 aliphatic carbocycles. The average Bonchev–Trinajstić information content (AvgIpc) is 3.11. The van der Waals surface area contributed by atoms with E-state index in [4.69, 9.17) is 4.74 Å². The SMILES string of the molecule is C[C@@]1(O)CCC[C@H]1n1c(=O)c(C#N)cc2cnc(NC3CCN(S(=O)(=O)C4COC4)CC3)nc21. The number of nitriles is 1. The smallest absolute Gasteiger partial charge is 0.270 e. The van der Waals surface area contributed by atoms with E-state index in [1.807, 2.05) is 6.07 Å². The molecule has 2 atom stereocenters. The largest absolute Gasteiger partial charge is 0.388 e. The summed E-state index contributed by atoms with van der Waals surface area (Å²) in [5, 5.41) is 23.7. The molecule has 11 nitrogen and oxygen atoms in total. The quantitative estimate of drug-likeness (QED) is 0.621. The van der Waals surface area contributed by atoms with E-state index in [1.165, 1.54) is 14.9 Å². The number of nitrogens with zero attached hydrogens (tertiary/aromatic N) is 5. The molecule has 3 fully saturated rings. The predicted molar refractivity (Wildman–Crippen MR) is 124 cm³/mol. The zero-order chi connectivity index (χ0) is 24.1. The van der Waals surface area contributed by atoms with Crippen molar-refractivity contribution in [3.05, 3.63) is 28.2 Å². The molecule has 2 aromatic rings. The van der Waals surface area contributed by atoms with Crippen LogP contribution < -0.4 is 10.9 Å². The summed E-state index contributed by atoms with van der Waals surface area (Å²) in [5.74, 6) is 0.330. The van der Waals surface area contributed by atoms with Gasteiger partial charge in [-0.1, -0.05) is 0 Å². The Labute approximate surface area is 197 Å². The van der Waals surface area contributed by atoms with Gasteiger partial charge in [0.15, 0.2) is 0 Å². The van der Waals surface area contributed by atoms with E-state index in [1.54, 1.807) is 13.1 Å². The third-order valence-corrected chi connectivity index (χ3v) is 9.46. The Morgan fingerprint density at radius 3 is 2.62 bits per heavy atom. The second kappa shape index (κ2) is 8.57. The molecule has 2 aliphatic heterocycles. The maximum Gasteiger partial charge on any atom is 0.270 e. The van der Waals surface area contributed by atoms with Crippen molar-refractivity contribution >= 4 is 27.0 Å². The van der Waals surface area contributed by atoms with Gasteiger partial charge in [-0.2, -0.15) is 10.2 Å². The van der Waals surface area contributed by atoms with E-state index in [2.05, 4.69) is 15.3 Å². The van der Waals surface area contributed by atoms with Gasteiger partial charge in [0.25, 0.3) is 5.56 Å². The number of rotatable bonds is 5. The van der Waals surface area contributed by atoms with Gasteiger partial charge < -0.3 is 15.2 Å². The van der Waals surface area contributed by atoms with Crippen LogP contribution in [0, 0.1) is 11.3 Å². The number of ether oxygens (including phenoxy) is 1. The lowest BCUT2D eigenvalue weighted by molar-refractivity contribution is 0.0266. The van der Waals surface area contributed by atoms with Crippen molar-refractivity contribution in [3.63, 3.8) is 0 Å². The van der Waals surface area contributed by atoms with Crippen LogP contribution in [0.25, 0.3) is 11.0 Å². The Hall–Kier alpha value is -2.59. The molecule has 182 valence electrons. The van der Waals surface area contributed by atoms with Crippen molar-refractivity contribution in [3.8, 4) is 6.07 Å². The number of piperidine rings is 1. The molecule has 12 heteroatoms. The fourth-order valence-corrected chi connectivity index (χ4v) is 6.81. The molecule has 0 unspecified atom stereocenters. The summed E-state index contributed by atoms with van der Waals surface area (Å²) < 4.78 is 33.2. The lowest BCUT2D eigenvalue weighted by Crippen LogP contribution is -2.52. The monoisotopic (exact) mass is 488 g/mol. The Balaban J connectivity index is 1.40. The number of aliphatic hydroxyl groups is 1. The number of aromatic nitrogens is 3. The van der Waals surface area contributed by atoms with Gasteiger partial charge in [-0.15, -0.1) is 0 Å². The van der Waals surface area contributed by atoms with E-state index < -0.39 is 32.5 Å². The first-order chi connectivity index (χ1) is 16.2. The third-order valence-electron chi connectivity index (χ3n) is 7.26. The number of fused-ring (bicyclic) bond motifs is 1. The van der Waals surface area contributed by atoms with Crippen LogP contribution in [-0.2, 0) is 14.8 Å². The highest BCUT2D eigenvalue weighted by Gasteiger charge is 2.40. The molecule has 3 aliphatic rings. The minimum absolute atomic E-state index is 0.00930. The molecule has 4 heterocycles. The molecule has 1 saturated carbocycles. The number of sulfonamides is 1. The number of pyridine rings is 1. The van der Waals surface area contributed by atoms with Crippen molar-refractivity contribution in [2.45, 2.75) is 62.0 Å². The molecule has 2 aromatic heterocycles. The summed E-state index contributed by atoms with van der Waals surface area (Å²) in [7, 11) is -3.33. The normalized spacial score (nSPS) is 26.9. The van der Waals surface area contributed by atoms with Crippen LogP contribution in [0.1, 0.15) is 50.6 Å². The van der Waals surface area contributed by atoms with E-state index in [-0.39, 0.29) is 24.8 Å². The van der Waals surface area contributed by atoms with E-state index in [0.29, 0.717) is 55.8 Å². The van der Waals surface area contributed by atoms with Gasteiger partial charge in [-0.05, 0) is 45.1 Å². The number of hydrogen-bond donors (Lipinski definition) is 2. The number of hydrogen-bond acceptors (Lipinski definition) is 9. The predicted octanol–water partition coefficient (Wildman–Crippen LogP) is 0.744. The zero-order valence-corrected chi connectivity index (χ0v) is 19.8. The molecule has 2 saturated heterocycles. The highest BCUT2D eigenvalue weighted by atomic mass is 32.2. The van der Waals surface area contributed by atoms with Gasteiger partial charge in [-0.25, -0.2) is 17.7 Å². The number of nitrogens with one attached hydrogen (secondary N) is 1. The molecule has 0 amide bonds. The summed E-state index contributed by atoms with van der Waals surface area (Å²) in [6.07, 6.45) is 4.72. The molecule has 5 rings (SSSR count). The molecule has 2 N–H and O–H groups in total. The average molecular weight is 489 g/mol. The van der Waals surface area contributed by atoms with Crippen LogP contribution in [0.3, 0.4) is 0 Å². The fourth-order valence-electron chi connectivity index (χ4n) is 5.13. The Morgan fingerprint density at radius 1 is 1.29 bits per heavy atom. The summed E-state index contributed by atoms with van der Waals surface area (Å²) in [6, 6.07) is 2.92. The van der Waals surface area contributed by atoms with Crippen molar-refractivity contribution in [2.75, 3.05) is 31.6 Å². The van der Waals surface area contributed by atoms with E-state index in [0.717, 1.165) is 6.42 Å². The molecule has 0 spiro atoms. The van der Waals surface area contributed by atoms with E-state index >= 15 is 0 Å². The van der Waals surface area contributed by atoms with Crippen LogP contribution in [-0.4, -0.2) is 75.6 Å². The summed E-state index contributed by atoms with van der Waals surface area (Å²) in [5.41, 5.74) is -1.18. The Bertz CT molecular complexity index is 1310. The molecular formula is C22H28N6O5S. The molecule has 34 heavy (non-hydrogen) atoms. The van der Waals surface area contributed by atoms with Crippen LogP contribution >= 0.6 is 0 Å². The summed E-state index contributed by atoms with van der Waals surface area (Å²) in [4.78, 5) is 22.1. The first-order valence-corrected chi connectivity index (χ1v) is 13.1. The third kappa shape index (κ3) is 3.96. The summed E-state index contributed by atoms with van der Waals surface area (Å²) in [6.45, 7) is 3.04. The van der Waals surface area contributed by atoms with Gasteiger partial charge in [0, 0.05) is 30.7 Å². The topological polar surface area (TPSA) is 150 Å². The maximum atomic E-state index is 13.1. The second-order valence-electron chi connectivity index (χ2n) is 9.60. The van der Waals surface area contributed by atoms with E-state index in [9.17, 15) is 23.6 Å². The van der Waals surface area contributed by atoms with Gasteiger partial charge >= 0.3 is 0 Å². The van der Waals surface area contributed by atoms with Crippen LogP contribution in [0.4, 0.5) is 5.95 Å². The minimum Gasteiger partial charge on any atom is -0.388 e. The standard InChI is InChI=1S/C22H28N6O5S/c1-22(30)6-2-3-18(22)28-19-15(9-14(10-23)20(28)29)11-24-21(26-19)25-16-4-7-27(8-5-16)34(31,32)17-12-33-13-17/h9,11,16-18,30H,2-8,12-13H2,1H3,(H,24,25,26)/t18-,22-/m1/s1. The molecule has 0 aromatic carbocycles. The first kappa shape index (κ1) is 23.2. The molecule has 0 bridgehead atoms. The first-order valence-electron chi connectivity index (χ1n) is 11.6. The van der Waals surface area contributed by atoms with Crippen molar-refractivity contribution < 1.29 is 18.3 Å². The van der Waals surface area contributed by atoms with Crippen molar-refractivity contribution in [1.29, 1.82) is 5.26 Å². The van der Waals surface area contributed by atoms with Gasteiger partial charge in [-0.3, -0.25) is 9.36 Å². The Kier molecular flexibility index (Phi) is 5.84. The van der Waals surface area contributed by atoms with Gasteiger partial charge in [0.2, 0.25) is 16.0 Å². The fraction of sp³-hybridized carbons (Fsp3) is 0.636. The number of anilines is 1. The van der Waals surface area contributed by atoms with Crippen molar-refractivity contribution in [1.82, 2.24) is 18.8 Å². The van der Waals surface area contributed by atoms with Gasteiger partial charge in [0.05, 0.1) is 24.9 Å². The lowest BCUT2D eigenvalue weighted by Gasteiger charge is -2.36. The molecular weight excluding hydrogens is 460 g/mol. The lowest BCUT2D eigenvalue weighted by atomic mass is 9.99. The van der Waals surface area contributed by atoms with Crippen LogP contribution in [0.2, 0.25) is 0 Å². The van der Waals surface area contributed by atoms with Crippen molar-refractivity contribution in [2.24, 2.45) is 0 Å². The maximum absolute atomic E-state index is 13.1. The van der Waals surface area contributed by atoms with Crippen LogP contribution in [0.5, 0.6) is 0 Å². The van der Waals surface area contributed by atoms with Crippen LogP contribution in [0.15, 0.2) is 17.1 Å². The zero-order valence-electron chi connectivity index (χ0n) is 19.0. The highest BCUT2D eigenvalue weighted by molar-refractivity contribution is 7.89. The molecule has 0 radical (unpaired) electrons. The van der Waals surface area contributed by atoms with Gasteiger partial charge in [0.1, 0.15) is 22.5 Å². The highest BCUT2D eigenvalue weighted by Crippen LogP contribution is 2.39.